The number of rotatable bonds is 7. The Bertz CT molecular complexity index is 395. The number of amides is 1. The molecule has 0 aliphatic heterocycles. The maximum absolute atomic E-state index is 12.2. The molecule has 0 aliphatic rings. The van der Waals surface area contributed by atoms with Gasteiger partial charge in [-0.1, -0.05) is 13.8 Å². The van der Waals surface area contributed by atoms with Crippen molar-refractivity contribution in [3.63, 3.8) is 0 Å². The highest BCUT2D eigenvalue weighted by Gasteiger charge is 2.40. The summed E-state index contributed by atoms with van der Waals surface area (Å²) < 4.78 is 15.1. The van der Waals surface area contributed by atoms with Crippen LogP contribution < -0.4 is 5.32 Å². The lowest BCUT2D eigenvalue weighted by Crippen LogP contribution is -2.51. The van der Waals surface area contributed by atoms with Gasteiger partial charge in [0.15, 0.2) is 5.92 Å². The first kappa shape index (κ1) is 21.2. The van der Waals surface area contributed by atoms with Gasteiger partial charge in [-0.05, 0) is 40.5 Å². The molecule has 0 bridgehead atoms. The smallest absolute Gasteiger partial charge is 0.407 e. The van der Waals surface area contributed by atoms with Crippen molar-refractivity contribution in [3.8, 4) is 0 Å². The summed E-state index contributed by atoms with van der Waals surface area (Å²) in [5.74, 6) is -2.88. The van der Waals surface area contributed by atoms with Gasteiger partial charge in [-0.25, -0.2) is 4.79 Å². The second-order valence-electron chi connectivity index (χ2n) is 6.40. The second kappa shape index (κ2) is 9.37. The van der Waals surface area contributed by atoms with Crippen LogP contribution in [0.1, 0.15) is 48.5 Å². The molecular weight excluding hydrogens is 302 g/mol. The molecule has 0 fully saturated rings. The summed E-state index contributed by atoms with van der Waals surface area (Å²) in [5.41, 5.74) is -0.686. The van der Waals surface area contributed by atoms with Gasteiger partial charge >= 0.3 is 18.0 Å². The largest absolute Gasteiger partial charge is 0.465 e. The van der Waals surface area contributed by atoms with Gasteiger partial charge in [0, 0.05) is 0 Å². The molecule has 1 amide bonds. The Balaban J connectivity index is 5.32. The normalized spacial score (nSPS) is 12.7. The molecule has 0 aromatic heterocycles. The van der Waals surface area contributed by atoms with Gasteiger partial charge in [-0.15, -0.1) is 0 Å². The minimum absolute atomic E-state index is 0.131. The van der Waals surface area contributed by atoms with Crippen molar-refractivity contribution in [2.24, 2.45) is 11.8 Å². The zero-order valence-electron chi connectivity index (χ0n) is 15.1. The Hall–Kier alpha value is -1.79. The summed E-state index contributed by atoms with van der Waals surface area (Å²) in [6, 6.07) is -0.789. The predicted molar refractivity (Wildman–Crippen MR) is 84.8 cm³/mol. The number of carbonyl (C=O) groups excluding carboxylic acids is 3. The lowest BCUT2D eigenvalue weighted by atomic mass is 9.90. The predicted octanol–water partition coefficient (Wildman–Crippen LogP) is 2.28. The molecule has 0 rings (SSSR count). The number of hydrogen-bond donors (Lipinski definition) is 1. The van der Waals surface area contributed by atoms with Crippen LogP contribution in [0.15, 0.2) is 0 Å². The summed E-state index contributed by atoms with van der Waals surface area (Å²) in [5, 5.41) is 2.59. The molecule has 1 unspecified atom stereocenters. The van der Waals surface area contributed by atoms with Crippen LogP contribution in [0.5, 0.6) is 0 Å². The highest BCUT2D eigenvalue weighted by Crippen LogP contribution is 2.18. The monoisotopic (exact) mass is 331 g/mol. The van der Waals surface area contributed by atoms with Gasteiger partial charge in [0.1, 0.15) is 5.60 Å². The van der Waals surface area contributed by atoms with Crippen molar-refractivity contribution in [1.82, 2.24) is 5.32 Å². The summed E-state index contributed by atoms with van der Waals surface area (Å²) >= 11 is 0. The third-order valence-electron chi connectivity index (χ3n) is 2.84. The molecule has 134 valence electrons. The van der Waals surface area contributed by atoms with Crippen molar-refractivity contribution in [3.05, 3.63) is 0 Å². The van der Waals surface area contributed by atoms with Crippen LogP contribution in [-0.2, 0) is 23.8 Å². The van der Waals surface area contributed by atoms with E-state index in [2.05, 4.69) is 5.32 Å². The fraction of sp³-hybridized carbons (Fsp3) is 0.812. The molecule has 0 saturated carbocycles. The van der Waals surface area contributed by atoms with Gasteiger partial charge in [0.05, 0.1) is 19.3 Å². The molecule has 7 heteroatoms. The standard InChI is InChI=1S/C16H29NO6/c1-8-21-13(18)11(14(19)22-9-2)12(10(3)4)17-15(20)23-16(5,6)7/h10-12H,8-9H2,1-7H3,(H,17,20). The Morgan fingerprint density at radius 2 is 1.39 bits per heavy atom. The van der Waals surface area contributed by atoms with Crippen molar-refractivity contribution >= 4 is 18.0 Å². The van der Waals surface area contributed by atoms with Crippen molar-refractivity contribution in [2.45, 2.75) is 60.1 Å². The van der Waals surface area contributed by atoms with E-state index in [0.717, 1.165) is 0 Å². The molecule has 0 spiro atoms. The first-order valence-corrected chi connectivity index (χ1v) is 7.86. The van der Waals surface area contributed by atoms with Gasteiger partial charge in [0.2, 0.25) is 0 Å². The van der Waals surface area contributed by atoms with Crippen LogP contribution >= 0.6 is 0 Å². The summed E-state index contributed by atoms with van der Waals surface area (Å²) in [6.45, 7) is 12.3. The fourth-order valence-corrected chi connectivity index (χ4v) is 1.93. The molecule has 7 nitrogen and oxygen atoms in total. The highest BCUT2D eigenvalue weighted by atomic mass is 16.6. The first-order valence-electron chi connectivity index (χ1n) is 7.86. The van der Waals surface area contributed by atoms with Gasteiger partial charge in [-0.3, -0.25) is 9.59 Å². The zero-order chi connectivity index (χ0) is 18.2. The first-order chi connectivity index (χ1) is 10.5. The average Bonchev–Trinajstić information content (AvgIpc) is 2.36. The number of nitrogens with one attached hydrogen (secondary N) is 1. The highest BCUT2D eigenvalue weighted by molar-refractivity contribution is 5.96. The van der Waals surface area contributed by atoms with E-state index in [1.54, 1.807) is 48.5 Å². The van der Waals surface area contributed by atoms with E-state index >= 15 is 0 Å². The van der Waals surface area contributed by atoms with E-state index in [0.29, 0.717) is 0 Å². The molecule has 0 aromatic rings. The number of carbonyl (C=O) groups is 3. The number of ether oxygens (including phenoxy) is 3. The lowest BCUT2D eigenvalue weighted by molar-refractivity contribution is -0.163. The topological polar surface area (TPSA) is 90.9 Å². The maximum Gasteiger partial charge on any atom is 0.407 e. The molecule has 0 aromatic carbocycles. The van der Waals surface area contributed by atoms with Crippen molar-refractivity contribution in [1.29, 1.82) is 0 Å². The minimum atomic E-state index is -1.23. The fourth-order valence-electron chi connectivity index (χ4n) is 1.93. The van der Waals surface area contributed by atoms with E-state index in [-0.39, 0.29) is 19.1 Å². The average molecular weight is 331 g/mol. The van der Waals surface area contributed by atoms with Crippen LogP contribution in [0.4, 0.5) is 4.79 Å². The molecular formula is C16H29NO6. The molecule has 0 saturated heterocycles. The number of esters is 2. The van der Waals surface area contributed by atoms with Crippen molar-refractivity contribution < 1.29 is 28.6 Å². The second-order valence-corrected chi connectivity index (χ2v) is 6.40. The van der Waals surface area contributed by atoms with Gasteiger partial charge in [0.25, 0.3) is 0 Å². The zero-order valence-corrected chi connectivity index (χ0v) is 15.1. The van der Waals surface area contributed by atoms with E-state index in [1.807, 2.05) is 0 Å². The number of alkyl carbamates (subject to hydrolysis) is 1. The molecule has 0 radical (unpaired) electrons. The minimum Gasteiger partial charge on any atom is -0.465 e. The molecule has 1 atom stereocenters. The molecule has 23 heavy (non-hydrogen) atoms. The van der Waals surface area contributed by atoms with Crippen LogP contribution in [0.2, 0.25) is 0 Å². The Kier molecular flexibility index (Phi) is 8.64. The van der Waals surface area contributed by atoms with E-state index in [4.69, 9.17) is 14.2 Å². The van der Waals surface area contributed by atoms with Crippen LogP contribution in [0, 0.1) is 11.8 Å². The van der Waals surface area contributed by atoms with Crippen molar-refractivity contribution in [2.75, 3.05) is 13.2 Å². The van der Waals surface area contributed by atoms with Crippen LogP contribution in [-0.4, -0.2) is 42.9 Å². The molecule has 0 aliphatic carbocycles. The SMILES string of the molecule is CCOC(=O)C(C(=O)OCC)C(NC(=O)OC(C)(C)C)C(C)C. The van der Waals surface area contributed by atoms with Gasteiger partial charge < -0.3 is 19.5 Å². The van der Waals surface area contributed by atoms with E-state index < -0.39 is 35.6 Å². The Labute approximate surface area is 138 Å². The van der Waals surface area contributed by atoms with E-state index in [9.17, 15) is 14.4 Å². The summed E-state index contributed by atoms with van der Waals surface area (Å²) in [6.07, 6.45) is -0.699. The number of hydrogen-bond acceptors (Lipinski definition) is 6. The Morgan fingerprint density at radius 3 is 1.70 bits per heavy atom. The van der Waals surface area contributed by atoms with Crippen LogP contribution in [0.3, 0.4) is 0 Å². The quantitative estimate of drug-likeness (QED) is 0.437. The molecule has 0 heterocycles. The van der Waals surface area contributed by atoms with Gasteiger partial charge in [-0.2, -0.15) is 0 Å². The third-order valence-corrected chi connectivity index (χ3v) is 2.84. The maximum atomic E-state index is 12.2. The summed E-state index contributed by atoms with van der Waals surface area (Å²) in [4.78, 5) is 36.3. The summed E-state index contributed by atoms with van der Waals surface area (Å²) in [7, 11) is 0. The van der Waals surface area contributed by atoms with Crippen LogP contribution in [0.25, 0.3) is 0 Å². The van der Waals surface area contributed by atoms with E-state index in [1.165, 1.54) is 0 Å². The third kappa shape index (κ3) is 7.85. The molecule has 1 N–H and O–H groups in total. The lowest BCUT2D eigenvalue weighted by Gasteiger charge is -2.29. The Morgan fingerprint density at radius 1 is 0.957 bits per heavy atom.